The summed E-state index contributed by atoms with van der Waals surface area (Å²) in [5.74, 6) is 0. The maximum absolute atomic E-state index is 12.4. The maximum Gasteiger partial charge on any atom is 0.416 e. The van der Waals surface area contributed by atoms with Crippen LogP contribution in [0.15, 0.2) is 18.2 Å². The zero-order chi connectivity index (χ0) is 11.1. The lowest BCUT2D eigenvalue weighted by molar-refractivity contribution is -0.137. The number of halogens is 4. The molecule has 0 atom stereocenters. The standard InChI is InChI=1S/C10H9F3IN/c11-10(12,13)9-2-1-8-6-15(14)4-3-7(8)5-9/h1-2,5H,3-4,6H2. The van der Waals surface area contributed by atoms with Crippen LogP contribution < -0.4 is 0 Å². The molecule has 0 unspecified atom stereocenters. The number of alkyl halides is 3. The van der Waals surface area contributed by atoms with Crippen LogP contribution >= 0.6 is 22.9 Å². The van der Waals surface area contributed by atoms with E-state index < -0.39 is 11.7 Å². The van der Waals surface area contributed by atoms with Crippen LogP contribution in [0, 0.1) is 0 Å². The zero-order valence-electron chi connectivity index (χ0n) is 7.81. The smallest absolute Gasteiger partial charge is 0.243 e. The van der Waals surface area contributed by atoms with Crippen LogP contribution in [-0.4, -0.2) is 9.66 Å². The normalized spacial score (nSPS) is 17.6. The minimum absolute atomic E-state index is 0.539. The predicted molar refractivity (Wildman–Crippen MR) is 59.6 cm³/mol. The third-order valence-corrected chi connectivity index (χ3v) is 3.32. The SMILES string of the molecule is FC(F)(F)c1ccc2c(c1)CCN(I)C2. The summed E-state index contributed by atoms with van der Waals surface area (Å²) in [5, 5.41) is 0. The molecule has 2 rings (SSSR count). The molecule has 1 aliphatic heterocycles. The van der Waals surface area contributed by atoms with Gasteiger partial charge in [0.05, 0.1) is 5.56 Å². The first-order valence-electron chi connectivity index (χ1n) is 4.56. The largest absolute Gasteiger partial charge is 0.416 e. The molecule has 0 saturated heterocycles. The predicted octanol–water partition coefficient (Wildman–Crippen LogP) is 3.41. The fourth-order valence-electron chi connectivity index (χ4n) is 1.69. The maximum atomic E-state index is 12.4. The van der Waals surface area contributed by atoms with Crippen LogP contribution in [0.3, 0.4) is 0 Å². The summed E-state index contributed by atoms with van der Waals surface area (Å²) in [7, 11) is 0. The Morgan fingerprint density at radius 3 is 2.60 bits per heavy atom. The van der Waals surface area contributed by atoms with Gasteiger partial charge in [0.15, 0.2) is 0 Å². The second kappa shape index (κ2) is 3.93. The fourth-order valence-corrected chi connectivity index (χ4v) is 2.30. The van der Waals surface area contributed by atoms with E-state index in [0.29, 0.717) is 6.42 Å². The molecule has 0 amide bonds. The first kappa shape index (κ1) is 11.2. The molecular formula is C10H9F3IN. The monoisotopic (exact) mass is 327 g/mol. The highest BCUT2D eigenvalue weighted by Gasteiger charge is 2.31. The highest BCUT2D eigenvalue weighted by molar-refractivity contribution is 14.1. The van der Waals surface area contributed by atoms with Gasteiger partial charge in [0, 0.05) is 36.0 Å². The molecule has 82 valence electrons. The molecule has 0 N–H and O–H groups in total. The molecule has 1 nitrogen and oxygen atoms in total. The Balaban J connectivity index is 2.35. The van der Waals surface area contributed by atoms with Gasteiger partial charge >= 0.3 is 6.18 Å². The molecule has 0 spiro atoms. The molecule has 1 aromatic carbocycles. The summed E-state index contributed by atoms with van der Waals surface area (Å²) in [4.78, 5) is 0. The van der Waals surface area contributed by atoms with Gasteiger partial charge in [0.25, 0.3) is 0 Å². The number of fused-ring (bicyclic) bond motifs is 1. The number of hydrogen-bond donors (Lipinski definition) is 0. The van der Waals surface area contributed by atoms with Gasteiger partial charge in [-0.25, -0.2) is 3.11 Å². The number of nitrogens with zero attached hydrogens (tertiary/aromatic N) is 1. The number of benzene rings is 1. The third-order valence-electron chi connectivity index (χ3n) is 2.50. The molecule has 1 aliphatic rings. The van der Waals surface area contributed by atoms with Crippen molar-refractivity contribution < 1.29 is 13.2 Å². The average molecular weight is 327 g/mol. The first-order chi connectivity index (χ1) is 6.97. The zero-order valence-corrected chi connectivity index (χ0v) is 9.97. The van der Waals surface area contributed by atoms with E-state index in [0.717, 1.165) is 30.3 Å². The highest BCUT2D eigenvalue weighted by Crippen LogP contribution is 2.32. The lowest BCUT2D eigenvalue weighted by atomic mass is 9.98. The Morgan fingerprint density at radius 1 is 1.20 bits per heavy atom. The molecule has 0 radical (unpaired) electrons. The topological polar surface area (TPSA) is 3.24 Å². The van der Waals surface area contributed by atoms with Crippen molar-refractivity contribution in [1.82, 2.24) is 3.11 Å². The van der Waals surface area contributed by atoms with Crippen molar-refractivity contribution in [3.05, 3.63) is 34.9 Å². The average Bonchev–Trinajstić information content (AvgIpc) is 2.15. The van der Waals surface area contributed by atoms with Crippen molar-refractivity contribution in [2.75, 3.05) is 6.54 Å². The van der Waals surface area contributed by atoms with Crippen LogP contribution in [0.1, 0.15) is 16.7 Å². The molecule has 1 heterocycles. The highest BCUT2D eigenvalue weighted by atomic mass is 127. The Bertz CT molecular complexity index is 375. The first-order valence-corrected chi connectivity index (χ1v) is 5.53. The van der Waals surface area contributed by atoms with Crippen molar-refractivity contribution in [3.63, 3.8) is 0 Å². The minimum Gasteiger partial charge on any atom is -0.243 e. The summed E-state index contributed by atoms with van der Waals surface area (Å²) in [6.45, 7) is 1.54. The van der Waals surface area contributed by atoms with E-state index in [4.69, 9.17) is 0 Å². The van der Waals surface area contributed by atoms with Crippen LogP contribution in [0.4, 0.5) is 13.2 Å². The molecule has 0 aromatic heterocycles. The fraction of sp³-hybridized carbons (Fsp3) is 0.400. The lowest BCUT2D eigenvalue weighted by Gasteiger charge is -2.23. The van der Waals surface area contributed by atoms with Crippen molar-refractivity contribution in [1.29, 1.82) is 0 Å². The Hall–Kier alpha value is -0.300. The van der Waals surface area contributed by atoms with E-state index in [9.17, 15) is 13.2 Å². The summed E-state index contributed by atoms with van der Waals surface area (Å²) in [6, 6.07) is 4.02. The molecular weight excluding hydrogens is 318 g/mol. The number of hydrogen-bond acceptors (Lipinski definition) is 1. The summed E-state index contributed by atoms with van der Waals surface area (Å²) in [5.41, 5.74) is 1.30. The second-order valence-corrected chi connectivity index (χ2v) is 4.94. The Morgan fingerprint density at radius 2 is 1.93 bits per heavy atom. The summed E-state index contributed by atoms with van der Waals surface area (Å²) in [6.07, 6.45) is -3.53. The lowest BCUT2D eigenvalue weighted by Crippen LogP contribution is -2.22. The van der Waals surface area contributed by atoms with Gasteiger partial charge in [-0.2, -0.15) is 13.2 Å². The Kier molecular flexibility index (Phi) is 2.94. The molecule has 0 bridgehead atoms. The molecule has 1 aromatic rings. The van der Waals surface area contributed by atoms with Crippen LogP contribution in [0.25, 0.3) is 0 Å². The minimum atomic E-state index is -4.23. The van der Waals surface area contributed by atoms with Crippen molar-refractivity contribution >= 4 is 22.9 Å². The van der Waals surface area contributed by atoms with Gasteiger partial charge in [-0.1, -0.05) is 6.07 Å². The van der Waals surface area contributed by atoms with Gasteiger partial charge in [0.1, 0.15) is 0 Å². The van der Waals surface area contributed by atoms with E-state index in [-0.39, 0.29) is 0 Å². The molecule has 0 aliphatic carbocycles. The third kappa shape index (κ3) is 2.44. The summed E-state index contributed by atoms with van der Waals surface area (Å²) >= 11 is 2.19. The quantitative estimate of drug-likeness (QED) is 0.521. The van der Waals surface area contributed by atoms with E-state index >= 15 is 0 Å². The summed E-state index contributed by atoms with van der Waals surface area (Å²) < 4.78 is 39.3. The van der Waals surface area contributed by atoms with Crippen LogP contribution in [-0.2, 0) is 19.1 Å². The number of rotatable bonds is 0. The van der Waals surface area contributed by atoms with Crippen molar-refractivity contribution in [3.8, 4) is 0 Å². The van der Waals surface area contributed by atoms with Gasteiger partial charge < -0.3 is 0 Å². The van der Waals surface area contributed by atoms with Crippen molar-refractivity contribution in [2.24, 2.45) is 0 Å². The van der Waals surface area contributed by atoms with Gasteiger partial charge in [-0.3, -0.25) is 0 Å². The van der Waals surface area contributed by atoms with E-state index in [1.807, 2.05) is 0 Å². The molecule has 0 saturated carbocycles. The Labute approximate surface area is 99.8 Å². The van der Waals surface area contributed by atoms with Gasteiger partial charge in [-0.05, 0) is 29.7 Å². The van der Waals surface area contributed by atoms with Gasteiger partial charge in [-0.15, -0.1) is 0 Å². The second-order valence-electron chi connectivity index (χ2n) is 3.58. The van der Waals surface area contributed by atoms with Crippen molar-refractivity contribution in [2.45, 2.75) is 19.1 Å². The van der Waals surface area contributed by atoms with Crippen LogP contribution in [0.5, 0.6) is 0 Å². The molecule has 5 heteroatoms. The molecule has 15 heavy (non-hydrogen) atoms. The van der Waals surface area contributed by atoms with E-state index in [2.05, 4.69) is 26.0 Å². The van der Waals surface area contributed by atoms with Crippen LogP contribution in [0.2, 0.25) is 0 Å². The van der Waals surface area contributed by atoms with Gasteiger partial charge in [0.2, 0.25) is 0 Å². The van der Waals surface area contributed by atoms with E-state index in [1.165, 1.54) is 6.07 Å². The molecule has 0 fully saturated rings. The van der Waals surface area contributed by atoms with E-state index in [1.54, 1.807) is 6.07 Å².